The molecule has 1 N–H and O–H groups in total. The first-order valence-corrected chi connectivity index (χ1v) is 7.63. The van der Waals surface area contributed by atoms with Gasteiger partial charge in [0.15, 0.2) is 5.78 Å². The second-order valence-electron chi connectivity index (χ2n) is 5.88. The lowest BCUT2D eigenvalue weighted by Gasteiger charge is -2.19. The minimum Gasteiger partial charge on any atom is -0.347 e. The molecule has 1 amide bonds. The van der Waals surface area contributed by atoms with Crippen molar-refractivity contribution in [1.29, 1.82) is 0 Å². The van der Waals surface area contributed by atoms with Gasteiger partial charge in [0.25, 0.3) is 0 Å². The van der Waals surface area contributed by atoms with E-state index in [1.165, 1.54) is 6.92 Å². The first-order valence-electron chi connectivity index (χ1n) is 7.63. The lowest BCUT2D eigenvalue weighted by atomic mass is 9.89. The fraction of sp³-hybridized carbons (Fsp3) is 0.812. The topological polar surface area (TPSA) is 63.2 Å². The van der Waals surface area contributed by atoms with Crippen LogP contribution in [0.1, 0.15) is 66.7 Å². The second-order valence-corrected chi connectivity index (χ2v) is 5.88. The van der Waals surface area contributed by atoms with Gasteiger partial charge in [0.2, 0.25) is 5.91 Å². The highest BCUT2D eigenvalue weighted by molar-refractivity contribution is 5.92. The van der Waals surface area contributed by atoms with Crippen molar-refractivity contribution in [1.82, 2.24) is 5.32 Å². The third kappa shape index (κ3) is 7.41. The Morgan fingerprint density at radius 2 is 1.65 bits per heavy atom. The average molecular weight is 283 g/mol. The Kier molecular flexibility index (Phi) is 9.10. The number of rotatable bonds is 10. The van der Waals surface area contributed by atoms with Crippen LogP contribution < -0.4 is 5.32 Å². The van der Waals surface area contributed by atoms with Gasteiger partial charge in [-0.05, 0) is 6.42 Å². The van der Waals surface area contributed by atoms with Gasteiger partial charge in [-0.25, -0.2) is 0 Å². The van der Waals surface area contributed by atoms with Gasteiger partial charge < -0.3 is 5.32 Å². The van der Waals surface area contributed by atoms with Crippen molar-refractivity contribution in [3.8, 4) is 0 Å². The van der Waals surface area contributed by atoms with Crippen LogP contribution >= 0.6 is 0 Å². The minimum absolute atomic E-state index is 0.0298. The molecule has 0 aliphatic carbocycles. The molecule has 0 aromatic heterocycles. The number of carbonyl (C=O) groups excluding carboxylic acids is 3. The molecule has 2 unspecified atom stereocenters. The number of Topliss-reactive ketones (excluding diaryl/α,β-unsaturated/α-hetero) is 2. The van der Waals surface area contributed by atoms with Gasteiger partial charge in [0.1, 0.15) is 5.78 Å². The molecule has 0 radical (unpaired) electrons. The van der Waals surface area contributed by atoms with Crippen LogP contribution in [0.25, 0.3) is 0 Å². The Hall–Kier alpha value is -1.19. The van der Waals surface area contributed by atoms with E-state index in [0.717, 1.165) is 19.3 Å². The van der Waals surface area contributed by atoms with Crippen molar-refractivity contribution in [2.45, 2.75) is 72.8 Å². The molecule has 0 saturated heterocycles. The Morgan fingerprint density at radius 1 is 1.05 bits per heavy atom. The standard InChI is InChI=1S/C16H29NO3/c1-6-7-8-9-14(17-13(5)18)15(19)10-12(4)16(20)11(2)3/h11-12,14H,6-10H2,1-5H3,(H,17,18). The molecule has 0 aromatic carbocycles. The number of carbonyl (C=O) groups is 3. The summed E-state index contributed by atoms with van der Waals surface area (Å²) in [5, 5.41) is 2.71. The lowest BCUT2D eigenvalue weighted by molar-refractivity contribution is -0.131. The summed E-state index contributed by atoms with van der Waals surface area (Å²) < 4.78 is 0. The van der Waals surface area contributed by atoms with Crippen LogP contribution in [0, 0.1) is 11.8 Å². The molecule has 0 aliphatic rings. The monoisotopic (exact) mass is 283 g/mol. The zero-order valence-corrected chi connectivity index (χ0v) is 13.5. The van der Waals surface area contributed by atoms with E-state index >= 15 is 0 Å². The summed E-state index contributed by atoms with van der Waals surface area (Å²) in [5.41, 5.74) is 0. The van der Waals surface area contributed by atoms with Gasteiger partial charge in [0.05, 0.1) is 6.04 Å². The molecular weight excluding hydrogens is 254 g/mol. The van der Waals surface area contributed by atoms with Crippen LogP contribution in [0.4, 0.5) is 0 Å². The first-order chi connectivity index (χ1) is 9.29. The third-order valence-corrected chi connectivity index (χ3v) is 3.42. The summed E-state index contributed by atoms with van der Waals surface area (Å²) in [7, 11) is 0. The molecule has 2 atom stereocenters. The molecule has 116 valence electrons. The van der Waals surface area contributed by atoms with Gasteiger partial charge in [-0.2, -0.15) is 0 Å². The van der Waals surface area contributed by atoms with Crippen LogP contribution in [-0.4, -0.2) is 23.5 Å². The Labute approximate surface area is 122 Å². The van der Waals surface area contributed by atoms with Crippen LogP contribution in [0.15, 0.2) is 0 Å². The fourth-order valence-corrected chi connectivity index (χ4v) is 2.27. The normalized spacial score (nSPS) is 13.9. The minimum atomic E-state index is -0.443. The third-order valence-electron chi connectivity index (χ3n) is 3.42. The molecule has 0 fully saturated rings. The van der Waals surface area contributed by atoms with E-state index in [1.54, 1.807) is 6.92 Å². The predicted molar refractivity (Wildman–Crippen MR) is 80.4 cm³/mol. The first kappa shape index (κ1) is 18.8. The van der Waals surface area contributed by atoms with Gasteiger partial charge in [-0.15, -0.1) is 0 Å². The quantitative estimate of drug-likeness (QED) is 0.627. The average Bonchev–Trinajstić information content (AvgIpc) is 2.36. The van der Waals surface area contributed by atoms with Gasteiger partial charge in [-0.3, -0.25) is 14.4 Å². The Morgan fingerprint density at radius 3 is 2.10 bits per heavy atom. The summed E-state index contributed by atoms with van der Waals surface area (Å²) in [6, 6.07) is -0.443. The highest BCUT2D eigenvalue weighted by Gasteiger charge is 2.25. The lowest BCUT2D eigenvalue weighted by Crippen LogP contribution is -2.40. The molecule has 20 heavy (non-hydrogen) atoms. The molecule has 0 aliphatic heterocycles. The van der Waals surface area contributed by atoms with Crippen molar-refractivity contribution in [3.63, 3.8) is 0 Å². The summed E-state index contributed by atoms with van der Waals surface area (Å²) in [4.78, 5) is 35.3. The molecule has 0 aromatic rings. The van der Waals surface area contributed by atoms with Crippen molar-refractivity contribution >= 4 is 17.5 Å². The highest BCUT2D eigenvalue weighted by atomic mass is 16.2. The van der Waals surface area contributed by atoms with Crippen molar-refractivity contribution in [2.75, 3.05) is 0 Å². The van der Waals surface area contributed by atoms with E-state index in [-0.39, 0.29) is 35.7 Å². The number of hydrogen-bond acceptors (Lipinski definition) is 3. The fourth-order valence-electron chi connectivity index (χ4n) is 2.27. The van der Waals surface area contributed by atoms with E-state index in [9.17, 15) is 14.4 Å². The predicted octanol–water partition coefficient (Wildman–Crippen LogP) is 2.89. The van der Waals surface area contributed by atoms with E-state index < -0.39 is 6.04 Å². The maximum atomic E-state index is 12.2. The van der Waals surface area contributed by atoms with Crippen LogP contribution in [-0.2, 0) is 14.4 Å². The summed E-state index contributed by atoms with van der Waals surface area (Å²) in [6.45, 7) is 8.99. The zero-order chi connectivity index (χ0) is 15.7. The van der Waals surface area contributed by atoms with Crippen molar-refractivity contribution < 1.29 is 14.4 Å². The summed E-state index contributed by atoms with van der Waals surface area (Å²) in [6.07, 6.45) is 3.91. The van der Waals surface area contributed by atoms with Crippen LogP contribution in [0.2, 0.25) is 0 Å². The van der Waals surface area contributed by atoms with Gasteiger partial charge in [-0.1, -0.05) is 47.0 Å². The molecule has 0 saturated carbocycles. The number of unbranched alkanes of at least 4 members (excludes halogenated alkanes) is 2. The van der Waals surface area contributed by atoms with Crippen molar-refractivity contribution in [2.24, 2.45) is 11.8 Å². The molecule has 4 heteroatoms. The van der Waals surface area contributed by atoms with Gasteiger partial charge in [0, 0.05) is 25.2 Å². The largest absolute Gasteiger partial charge is 0.347 e. The highest BCUT2D eigenvalue weighted by Crippen LogP contribution is 2.14. The van der Waals surface area contributed by atoms with E-state index in [0.29, 0.717) is 6.42 Å². The SMILES string of the molecule is CCCCCC(NC(C)=O)C(=O)CC(C)C(=O)C(C)C. The number of hydrogen-bond donors (Lipinski definition) is 1. The van der Waals surface area contributed by atoms with Crippen LogP contribution in [0.5, 0.6) is 0 Å². The number of nitrogens with one attached hydrogen (secondary N) is 1. The van der Waals surface area contributed by atoms with Gasteiger partial charge >= 0.3 is 0 Å². The Balaban J connectivity index is 4.52. The molecule has 4 nitrogen and oxygen atoms in total. The van der Waals surface area contributed by atoms with E-state index in [4.69, 9.17) is 0 Å². The number of amides is 1. The molecule has 0 rings (SSSR count). The molecular formula is C16H29NO3. The Bertz CT molecular complexity index is 337. The second kappa shape index (κ2) is 9.67. The number of ketones is 2. The molecule has 0 bridgehead atoms. The van der Waals surface area contributed by atoms with Crippen LogP contribution in [0.3, 0.4) is 0 Å². The summed E-state index contributed by atoms with van der Waals surface area (Å²) >= 11 is 0. The summed E-state index contributed by atoms with van der Waals surface area (Å²) in [5.74, 6) is -0.448. The van der Waals surface area contributed by atoms with E-state index in [2.05, 4.69) is 12.2 Å². The maximum absolute atomic E-state index is 12.2. The maximum Gasteiger partial charge on any atom is 0.217 e. The molecule has 0 heterocycles. The van der Waals surface area contributed by atoms with E-state index in [1.807, 2.05) is 13.8 Å². The smallest absolute Gasteiger partial charge is 0.217 e. The molecule has 0 spiro atoms. The van der Waals surface area contributed by atoms with Crippen molar-refractivity contribution in [3.05, 3.63) is 0 Å². The zero-order valence-electron chi connectivity index (χ0n) is 13.5.